The molecule has 2 radical (unpaired) electrons. The molecule has 4 N–H and O–H groups in total. The van der Waals surface area contributed by atoms with Gasteiger partial charge in [-0.25, -0.2) is 9.97 Å². The second-order valence-electron chi connectivity index (χ2n) is 11.8. The average Bonchev–Trinajstić information content (AvgIpc) is 3.11. The molecule has 19 nitrogen and oxygen atoms in total. The number of aliphatic imine (C=N–C) groups is 4. The molecule has 0 saturated heterocycles. The summed E-state index contributed by atoms with van der Waals surface area (Å²) in [6.07, 6.45) is 13.1. The molecule has 0 unspecified atom stereocenters. The first-order valence-corrected chi connectivity index (χ1v) is 25.9. The molecule has 2 aliphatic rings. The van der Waals surface area contributed by atoms with Gasteiger partial charge in [-0.05, 0) is 24.3 Å². The van der Waals surface area contributed by atoms with E-state index in [4.69, 9.17) is 23.2 Å². The minimum Gasteiger partial charge on any atom is -2.00 e. The Morgan fingerprint density at radius 2 is 0.590 bits per heavy atom. The fourth-order valence-electron chi connectivity index (χ4n) is 3.56. The average molecular weight is 1060 g/mol. The van der Waals surface area contributed by atoms with E-state index in [2.05, 4.69) is 51.2 Å². The Morgan fingerprint density at radius 1 is 0.426 bits per heavy atom. The van der Waals surface area contributed by atoms with E-state index in [-0.39, 0.29) is 72.4 Å². The third kappa shape index (κ3) is 44.6. The number of fused-ring (bicyclic) bond motifs is 4. The molecule has 2 aromatic rings. The zero-order valence-electron chi connectivity index (χ0n) is 35.2. The monoisotopic (exact) mass is 1060 g/mol. The summed E-state index contributed by atoms with van der Waals surface area (Å²) in [6, 6.07) is 5.60. The fraction of sp³-hybridized carbons (Fsp3) is 0.588. The molecule has 0 aromatic carbocycles. The summed E-state index contributed by atoms with van der Waals surface area (Å²) in [5.41, 5.74) is 0.256. The molecule has 2 aromatic heterocycles. The van der Waals surface area contributed by atoms with Gasteiger partial charge in [0.05, 0.1) is 49.0 Å². The summed E-state index contributed by atoms with van der Waals surface area (Å²) in [6.45, 7) is 6.83. The Hall–Kier alpha value is -1.80. The fourth-order valence-corrected chi connectivity index (χ4v) is 3.97. The molecule has 4 bridgehead atoms. The van der Waals surface area contributed by atoms with Crippen LogP contribution in [0.5, 0.6) is 0 Å². The summed E-state index contributed by atoms with van der Waals surface area (Å²) in [5, 5.41) is 60.8. The first kappa shape index (κ1) is 68.3. The molecule has 0 aliphatic carbocycles. The Balaban J connectivity index is -0.000000245. The van der Waals surface area contributed by atoms with Crippen molar-refractivity contribution in [2.24, 2.45) is 20.0 Å². The first-order chi connectivity index (χ1) is 27.3. The molecule has 0 spiro atoms. The second-order valence-corrected chi connectivity index (χ2v) is 18.6. The van der Waals surface area contributed by atoms with Crippen LogP contribution in [-0.4, -0.2) is 179 Å². The summed E-state index contributed by atoms with van der Waals surface area (Å²) in [5.74, 6) is -1.94. The van der Waals surface area contributed by atoms with E-state index in [9.17, 15) is 37.3 Å². The predicted molar refractivity (Wildman–Crippen MR) is 236 cm³/mol. The van der Waals surface area contributed by atoms with Crippen molar-refractivity contribution in [3.8, 4) is 0 Å². The van der Waals surface area contributed by atoms with Crippen LogP contribution < -0.4 is 41.7 Å². The smallest absolute Gasteiger partial charge is 2.00 e. The number of rotatable bonds is 0. The molecule has 0 atom stereocenters. The van der Waals surface area contributed by atoms with E-state index in [1.807, 2.05) is 0 Å². The van der Waals surface area contributed by atoms with Crippen molar-refractivity contribution in [1.82, 2.24) is 31.2 Å². The van der Waals surface area contributed by atoms with E-state index >= 15 is 0 Å². The molecule has 4 heterocycles. The van der Waals surface area contributed by atoms with Crippen LogP contribution in [0.3, 0.4) is 0 Å². The number of pyridine rings is 2. The number of halogens is 2. The van der Waals surface area contributed by atoms with Crippen LogP contribution in [0, 0.1) is 0 Å². The second kappa shape index (κ2) is 43.4. The Labute approximate surface area is 400 Å². The van der Waals surface area contributed by atoms with Gasteiger partial charge in [-0.1, -0.05) is 23.2 Å². The third-order valence-corrected chi connectivity index (χ3v) is 6.03. The summed E-state index contributed by atoms with van der Waals surface area (Å²) >= 11 is 11.8. The van der Waals surface area contributed by atoms with Crippen LogP contribution in [0.4, 0.5) is 0 Å². The number of nitrogens with zero attached hydrogens (tertiary/aromatic N) is 6. The van der Waals surface area contributed by atoms with Gasteiger partial charge in [-0.2, -0.15) is 0 Å². The maximum atomic E-state index is 11.9. The van der Waals surface area contributed by atoms with Crippen LogP contribution in [0.2, 0.25) is 10.0 Å². The van der Waals surface area contributed by atoms with Crippen molar-refractivity contribution in [3.63, 3.8) is 0 Å². The molecular formula is C34H56Cl2Fe2N10O9S4+4. The predicted octanol–water partition coefficient (Wildman–Crippen LogP) is -3.86. The number of aromatic nitrogens is 2. The van der Waals surface area contributed by atoms with Crippen molar-refractivity contribution in [1.29, 1.82) is 0 Å². The van der Waals surface area contributed by atoms with Crippen molar-refractivity contribution in [2.75, 3.05) is 129 Å². The van der Waals surface area contributed by atoms with Crippen molar-refractivity contribution < 1.29 is 76.9 Å². The summed E-state index contributed by atoms with van der Waals surface area (Å²) < 4.78 is 38.2. The van der Waals surface area contributed by atoms with Gasteiger partial charge in [-0.3, -0.25) is 36.8 Å². The molecule has 0 amide bonds. The molecule has 27 heteroatoms. The number of hydrogen-bond donors (Lipinski definition) is 4. The van der Waals surface area contributed by atoms with Gasteiger partial charge in [0.25, 0.3) is 0 Å². The van der Waals surface area contributed by atoms with Crippen molar-refractivity contribution in [2.45, 2.75) is 0 Å². The maximum absolute atomic E-state index is 11.9. The Bertz CT molecular complexity index is 1470. The zero-order chi connectivity index (χ0) is 44.5. The van der Waals surface area contributed by atoms with E-state index in [0.717, 1.165) is 26.2 Å². The zero-order valence-corrected chi connectivity index (χ0v) is 42.2. The Morgan fingerprint density at radius 3 is 0.754 bits per heavy atom. The minimum absolute atomic E-state index is 0. The van der Waals surface area contributed by atoms with Crippen molar-refractivity contribution >= 4 is 90.0 Å². The third-order valence-electron chi connectivity index (χ3n) is 5.59. The SMILES string of the molecule is CS(C)=O.CS(C)=O.CS(C)=O.CS(C)=O.[Fe+5].[Fe+5].[O-2].[O-]C1=NCCNCCNCCN=C([O-])c2cc(Cl)cc1n2.[O-]C1=NCCNCCNCCN=C([O-])c2cc(Cl)cc1n2. The molecule has 0 fully saturated rings. The number of hydrogen-bond acceptors (Lipinski definition) is 18. The number of nitrogens with one attached hydrogen (secondary N) is 4. The van der Waals surface area contributed by atoms with E-state index in [0.29, 0.717) is 52.4 Å². The molecular weight excluding hydrogens is 1000 g/mol. The maximum Gasteiger partial charge on any atom is 5.00 e. The van der Waals surface area contributed by atoms with Gasteiger partial charge in [0.15, 0.2) is 0 Å². The summed E-state index contributed by atoms with van der Waals surface area (Å²) in [7, 11) is -2.44. The van der Waals surface area contributed by atoms with Crippen LogP contribution >= 0.6 is 23.2 Å². The van der Waals surface area contributed by atoms with E-state index < -0.39 is 66.8 Å². The van der Waals surface area contributed by atoms with Gasteiger partial charge in [-0.15, -0.1) is 0 Å². The van der Waals surface area contributed by atoms with Gasteiger partial charge >= 0.3 is 34.1 Å². The van der Waals surface area contributed by atoms with Crippen LogP contribution in [0.25, 0.3) is 0 Å². The largest absolute Gasteiger partial charge is 5.00 e. The standard InChI is InChI=1S/2C13H18ClN5O2.4C2H6OS.2Fe.O/c2*14-9-7-10-12(20)17-5-3-15-1-2-16-4-6-18-13(21)11(8-9)19-10;4*1-4(2)3;;;/h2*7-8,15-16H,1-6H2,(H,17,20)(H,18,21);4*1-2H3;;;/q;;;;;;2*+5;-2/p-4. The van der Waals surface area contributed by atoms with Crippen LogP contribution in [0.15, 0.2) is 44.2 Å². The normalized spacial score (nSPS) is 14.8. The van der Waals surface area contributed by atoms with Gasteiger partial charge in [0.1, 0.15) is 0 Å². The van der Waals surface area contributed by atoms with Gasteiger partial charge in [0, 0.05) is 179 Å². The summed E-state index contributed by atoms with van der Waals surface area (Å²) in [4.78, 5) is 23.6. The molecule has 2 aliphatic heterocycles. The minimum atomic E-state index is -0.611. The molecule has 61 heavy (non-hydrogen) atoms. The molecule has 0 saturated carbocycles. The molecule has 346 valence electrons. The van der Waals surface area contributed by atoms with Gasteiger partial charge in [0.2, 0.25) is 0 Å². The van der Waals surface area contributed by atoms with Crippen LogP contribution in [0.1, 0.15) is 22.8 Å². The first-order valence-electron chi connectivity index (χ1n) is 17.3. The quantitative estimate of drug-likeness (QED) is 0.184. The Kier molecular flexibility index (Phi) is 48.6. The molecule has 4 rings (SSSR count). The van der Waals surface area contributed by atoms with Crippen molar-refractivity contribution in [3.05, 3.63) is 57.1 Å². The topological polar surface area (TPSA) is 312 Å². The van der Waals surface area contributed by atoms with Gasteiger partial charge < -0.3 is 47.2 Å². The van der Waals surface area contributed by atoms with E-state index in [1.54, 1.807) is 50.0 Å². The van der Waals surface area contributed by atoms with Crippen LogP contribution in [-0.2, 0) is 82.8 Å². The van der Waals surface area contributed by atoms with E-state index in [1.165, 1.54) is 24.3 Å².